The van der Waals surface area contributed by atoms with Gasteiger partial charge in [0.1, 0.15) is 11.5 Å². The van der Waals surface area contributed by atoms with Crippen molar-refractivity contribution in [3.8, 4) is 0 Å². The Hall–Kier alpha value is -1.74. The summed E-state index contributed by atoms with van der Waals surface area (Å²) in [6.07, 6.45) is -0.867. The molecule has 9 heteroatoms. The van der Waals surface area contributed by atoms with Gasteiger partial charge in [-0.15, -0.1) is 0 Å². The molecule has 1 saturated heterocycles. The van der Waals surface area contributed by atoms with Gasteiger partial charge in [0, 0.05) is 56.4 Å². The Labute approximate surface area is 147 Å². The summed E-state index contributed by atoms with van der Waals surface area (Å²) in [5.74, 6) is 1.49. The third kappa shape index (κ3) is 3.77. The molecule has 3 heterocycles. The van der Waals surface area contributed by atoms with Crippen LogP contribution in [0, 0.1) is 0 Å². The Bertz CT molecular complexity index is 735. The molecule has 2 aromatic heterocycles. The predicted octanol–water partition coefficient (Wildman–Crippen LogP) is 3.15. The van der Waals surface area contributed by atoms with Crippen LogP contribution in [-0.4, -0.2) is 45.4 Å². The van der Waals surface area contributed by atoms with E-state index in [2.05, 4.69) is 19.2 Å². The minimum Gasteiger partial charge on any atom is -0.344 e. The molecule has 0 bridgehead atoms. The number of hydrogen-bond donors (Lipinski definition) is 0. The normalized spacial score (nSPS) is 19.4. The van der Waals surface area contributed by atoms with E-state index in [9.17, 15) is 13.2 Å². The SMILES string of the molecule is FC(F)(F)c1ncccc1CN1CCN(c2nc(C3CC3)ns2)CC1. The summed E-state index contributed by atoms with van der Waals surface area (Å²) >= 11 is 1.42. The van der Waals surface area contributed by atoms with Crippen LogP contribution >= 0.6 is 11.5 Å². The van der Waals surface area contributed by atoms with Gasteiger partial charge in [-0.05, 0) is 24.5 Å². The number of rotatable bonds is 4. The smallest absolute Gasteiger partial charge is 0.344 e. The molecule has 0 N–H and O–H groups in total. The standard InChI is InChI=1S/C16H18F3N5S/c17-16(18,19)13-12(2-1-5-20-13)10-23-6-8-24(9-7-23)15-21-14(22-25-15)11-3-4-11/h1-2,5,11H,3-4,6-10H2. The first-order valence-electron chi connectivity index (χ1n) is 8.33. The highest BCUT2D eigenvalue weighted by Crippen LogP contribution is 2.39. The number of halogens is 3. The first-order chi connectivity index (χ1) is 12.0. The van der Waals surface area contributed by atoms with E-state index in [0.29, 0.717) is 19.0 Å². The van der Waals surface area contributed by atoms with Crippen molar-refractivity contribution >= 4 is 16.7 Å². The third-order valence-corrected chi connectivity index (χ3v) is 5.36. The number of aromatic nitrogens is 3. The van der Waals surface area contributed by atoms with Crippen molar-refractivity contribution in [1.29, 1.82) is 0 Å². The highest BCUT2D eigenvalue weighted by molar-refractivity contribution is 7.09. The average molecular weight is 369 g/mol. The average Bonchev–Trinajstić information content (AvgIpc) is 3.33. The topological polar surface area (TPSA) is 45.2 Å². The summed E-state index contributed by atoms with van der Waals surface area (Å²) in [5, 5.41) is 0.930. The fourth-order valence-electron chi connectivity index (χ4n) is 3.02. The number of alkyl halides is 3. The highest BCUT2D eigenvalue weighted by Gasteiger charge is 2.35. The van der Waals surface area contributed by atoms with Gasteiger partial charge in [-0.1, -0.05) is 6.07 Å². The monoisotopic (exact) mass is 369 g/mol. The van der Waals surface area contributed by atoms with Gasteiger partial charge in [0.15, 0.2) is 0 Å². The van der Waals surface area contributed by atoms with Crippen molar-refractivity contribution in [2.45, 2.75) is 31.5 Å². The Morgan fingerprint density at radius 1 is 1.16 bits per heavy atom. The van der Waals surface area contributed by atoms with Gasteiger partial charge in [0.2, 0.25) is 5.13 Å². The van der Waals surface area contributed by atoms with Crippen molar-refractivity contribution < 1.29 is 13.2 Å². The van der Waals surface area contributed by atoms with Crippen LogP contribution in [0.15, 0.2) is 18.3 Å². The molecule has 0 amide bonds. The molecule has 1 aliphatic carbocycles. The molecular formula is C16H18F3N5S. The quantitative estimate of drug-likeness (QED) is 0.828. The summed E-state index contributed by atoms with van der Waals surface area (Å²) in [6.45, 7) is 3.16. The van der Waals surface area contributed by atoms with E-state index in [1.807, 2.05) is 4.90 Å². The van der Waals surface area contributed by atoms with Crippen LogP contribution in [0.1, 0.15) is 35.8 Å². The lowest BCUT2D eigenvalue weighted by Crippen LogP contribution is -2.46. The molecular weight excluding hydrogens is 351 g/mol. The molecule has 0 aromatic carbocycles. The molecule has 0 spiro atoms. The Morgan fingerprint density at radius 3 is 2.60 bits per heavy atom. The van der Waals surface area contributed by atoms with Gasteiger partial charge in [-0.25, -0.2) is 4.98 Å². The number of anilines is 1. The zero-order valence-electron chi connectivity index (χ0n) is 13.5. The summed E-state index contributed by atoms with van der Waals surface area (Å²) < 4.78 is 43.6. The van der Waals surface area contributed by atoms with Crippen molar-refractivity contribution in [2.75, 3.05) is 31.1 Å². The minimum atomic E-state index is -4.41. The van der Waals surface area contributed by atoms with Crippen LogP contribution in [-0.2, 0) is 12.7 Å². The maximum atomic E-state index is 13.1. The van der Waals surface area contributed by atoms with Gasteiger partial charge < -0.3 is 4.90 Å². The fourth-order valence-corrected chi connectivity index (χ4v) is 3.82. The molecule has 0 unspecified atom stereocenters. The number of nitrogens with zero attached hydrogens (tertiary/aromatic N) is 5. The summed E-state index contributed by atoms with van der Waals surface area (Å²) in [6, 6.07) is 3.07. The zero-order chi connectivity index (χ0) is 17.4. The fraction of sp³-hybridized carbons (Fsp3) is 0.562. The van der Waals surface area contributed by atoms with Gasteiger partial charge in [0.05, 0.1) is 0 Å². The van der Waals surface area contributed by atoms with Crippen LogP contribution in [0.4, 0.5) is 18.3 Å². The van der Waals surface area contributed by atoms with Gasteiger partial charge in [-0.3, -0.25) is 9.88 Å². The molecule has 1 aliphatic heterocycles. The Morgan fingerprint density at radius 2 is 1.92 bits per heavy atom. The van der Waals surface area contributed by atoms with Gasteiger partial charge >= 0.3 is 6.18 Å². The van der Waals surface area contributed by atoms with E-state index in [0.717, 1.165) is 24.0 Å². The lowest BCUT2D eigenvalue weighted by atomic mass is 10.1. The van der Waals surface area contributed by atoms with Crippen LogP contribution in [0.5, 0.6) is 0 Å². The Balaban J connectivity index is 1.37. The van der Waals surface area contributed by atoms with Crippen molar-refractivity contribution in [2.24, 2.45) is 0 Å². The molecule has 134 valence electrons. The molecule has 2 fully saturated rings. The van der Waals surface area contributed by atoms with E-state index in [1.54, 1.807) is 6.07 Å². The van der Waals surface area contributed by atoms with E-state index < -0.39 is 11.9 Å². The maximum Gasteiger partial charge on any atom is 0.433 e. The maximum absolute atomic E-state index is 13.1. The van der Waals surface area contributed by atoms with E-state index >= 15 is 0 Å². The minimum absolute atomic E-state index is 0.232. The second-order valence-corrected chi connectivity index (χ2v) is 7.21. The van der Waals surface area contributed by atoms with Crippen molar-refractivity contribution in [3.05, 3.63) is 35.4 Å². The van der Waals surface area contributed by atoms with Crippen LogP contribution in [0.25, 0.3) is 0 Å². The highest BCUT2D eigenvalue weighted by atomic mass is 32.1. The first-order valence-corrected chi connectivity index (χ1v) is 9.10. The Kier molecular flexibility index (Phi) is 4.36. The van der Waals surface area contributed by atoms with Crippen LogP contribution in [0.2, 0.25) is 0 Å². The molecule has 4 rings (SSSR count). The van der Waals surface area contributed by atoms with Gasteiger partial charge in [-0.2, -0.15) is 17.5 Å². The summed E-state index contributed by atoms with van der Waals surface area (Å²) in [4.78, 5) is 12.3. The number of hydrogen-bond acceptors (Lipinski definition) is 6. The zero-order valence-corrected chi connectivity index (χ0v) is 14.4. The number of pyridine rings is 1. The van der Waals surface area contributed by atoms with Crippen LogP contribution < -0.4 is 4.90 Å². The first kappa shape index (κ1) is 16.7. The molecule has 25 heavy (non-hydrogen) atoms. The summed E-state index contributed by atoms with van der Waals surface area (Å²) in [7, 11) is 0. The molecule has 2 aromatic rings. The molecule has 0 atom stereocenters. The van der Waals surface area contributed by atoms with Crippen LogP contribution in [0.3, 0.4) is 0 Å². The van der Waals surface area contributed by atoms with Gasteiger partial charge in [0.25, 0.3) is 0 Å². The third-order valence-electron chi connectivity index (χ3n) is 4.57. The molecule has 5 nitrogen and oxygen atoms in total. The predicted molar refractivity (Wildman–Crippen MR) is 88.6 cm³/mol. The lowest BCUT2D eigenvalue weighted by Gasteiger charge is -2.34. The van der Waals surface area contributed by atoms with E-state index in [-0.39, 0.29) is 12.1 Å². The van der Waals surface area contributed by atoms with Crippen molar-refractivity contribution in [1.82, 2.24) is 19.2 Å². The van der Waals surface area contributed by atoms with Crippen molar-refractivity contribution in [3.63, 3.8) is 0 Å². The van der Waals surface area contributed by atoms with E-state index in [4.69, 9.17) is 0 Å². The molecule has 1 saturated carbocycles. The lowest BCUT2D eigenvalue weighted by molar-refractivity contribution is -0.142. The number of piperazine rings is 1. The van der Waals surface area contributed by atoms with E-state index in [1.165, 1.54) is 36.6 Å². The summed E-state index contributed by atoms with van der Waals surface area (Å²) in [5.41, 5.74) is -0.550. The second-order valence-electron chi connectivity index (χ2n) is 6.48. The largest absolute Gasteiger partial charge is 0.433 e. The second kappa shape index (κ2) is 6.53. The molecule has 2 aliphatic rings. The molecule has 0 radical (unpaired) electrons.